The molecule has 2 aromatic heterocycles. The van der Waals surface area contributed by atoms with Gasteiger partial charge in [-0.15, -0.1) is 0 Å². The molecule has 5 nitrogen and oxygen atoms in total. The Morgan fingerprint density at radius 1 is 1.18 bits per heavy atom. The van der Waals surface area contributed by atoms with Crippen LogP contribution in [0.3, 0.4) is 0 Å². The van der Waals surface area contributed by atoms with Crippen molar-refractivity contribution in [2.45, 2.75) is 0 Å². The van der Waals surface area contributed by atoms with Gasteiger partial charge in [-0.1, -0.05) is 5.16 Å². The molecule has 0 spiro atoms. The van der Waals surface area contributed by atoms with Crippen LogP contribution < -0.4 is 0 Å². The van der Waals surface area contributed by atoms with Gasteiger partial charge in [0.2, 0.25) is 12.2 Å². The minimum absolute atomic E-state index is 0.457. The Labute approximate surface area is 62.1 Å². The Morgan fingerprint density at radius 3 is 2.82 bits per heavy atom. The molecule has 0 aliphatic carbocycles. The molecule has 0 saturated heterocycles. The van der Waals surface area contributed by atoms with Crippen LogP contribution in [0.5, 0.6) is 0 Å². The van der Waals surface area contributed by atoms with E-state index < -0.39 is 0 Å². The lowest BCUT2D eigenvalue weighted by atomic mass is 10.4. The highest BCUT2D eigenvalue weighted by atomic mass is 16.5. The van der Waals surface area contributed by atoms with Crippen molar-refractivity contribution in [3.8, 4) is 11.5 Å². The third-order valence-electron chi connectivity index (χ3n) is 1.15. The number of hydrogen-bond donors (Lipinski definition) is 0. The molecule has 0 fully saturated rings. The molecule has 0 unspecified atom stereocenters. The SMILES string of the molecule is c1cnc(-c2ncon2)cn1. The van der Waals surface area contributed by atoms with Crippen LogP contribution in [0, 0.1) is 0 Å². The molecule has 0 bridgehead atoms. The van der Waals surface area contributed by atoms with Crippen LogP contribution in [0.15, 0.2) is 29.5 Å². The lowest BCUT2D eigenvalue weighted by Crippen LogP contribution is -1.84. The van der Waals surface area contributed by atoms with Crippen LogP contribution in [0.2, 0.25) is 0 Å². The molecule has 0 radical (unpaired) electrons. The number of aromatic nitrogens is 4. The van der Waals surface area contributed by atoms with E-state index in [-0.39, 0.29) is 0 Å². The maximum atomic E-state index is 4.54. The van der Waals surface area contributed by atoms with E-state index in [4.69, 9.17) is 0 Å². The fraction of sp³-hybridized carbons (Fsp3) is 0. The summed E-state index contributed by atoms with van der Waals surface area (Å²) < 4.78 is 4.54. The molecule has 2 rings (SSSR count). The predicted octanol–water partition coefficient (Wildman–Crippen LogP) is 0.527. The highest BCUT2D eigenvalue weighted by molar-refractivity contribution is 5.44. The second-order valence-corrected chi connectivity index (χ2v) is 1.85. The fourth-order valence-corrected chi connectivity index (χ4v) is 0.698. The molecular formula is C6H4N4O. The first-order chi connectivity index (χ1) is 5.47. The van der Waals surface area contributed by atoms with Crippen molar-refractivity contribution in [1.29, 1.82) is 0 Å². The van der Waals surface area contributed by atoms with Gasteiger partial charge in [-0.25, -0.2) is 4.98 Å². The van der Waals surface area contributed by atoms with Gasteiger partial charge in [0, 0.05) is 12.4 Å². The molecule has 11 heavy (non-hydrogen) atoms. The van der Waals surface area contributed by atoms with E-state index in [1.54, 1.807) is 18.6 Å². The standard InChI is InChI=1S/C6H4N4O/c1-2-8-5(3-7-1)6-9-4-11-10-6/h1-4H. The molecule has 0 aliphatic heterocycles. The van der Waals surface area contributed by atoms with Crippen LogP contribution in [0.25, 0.3) is 11.5 Å². The quantitative estimate of drug-likeness (QED) is 0.590. The van der Waals surface area contributed by atoms with Gasteiger partial charge in [0.05, 0.1) is 6.20 Å². The number of hydrogen-bond acceptors (Lipinski definition) is 5. The molecule has 54 valence electrons. The van der Waals surface area contributed by atoms with Crippen LogP contribution in [-0.2, 0) is 0 Å². The summed E-state index contributed by atoms with van der Waals surface area (Å²) in [5, 5.41) is 3.60. The Balaban J connectivity index is 2.46. The highest BCUT2D eigenvalue weighted by Gasteiger charge is 2.01. The molecular weight excluding hydrogens is 144 g/mol. The largest absolute Gasteiger partial charge is 0.342 e. The zero-order chi connectivity index (χ0) is 7.52. The normalized spacial score (nSPS) is 9.82. The summed E-state index contributed by atoms with van der Waals surface area (Å²) in [4.78, 5) is 11.6. The van der Waals surface area contributed by atoms with Crippen molar-refractivity contribution < 1.29 is 4.52 Å². The second-order valence-electron chi connectivity index (χ2n) is 1.85. The van der Waals surface area contributed by atoms with Gasteiger partial charge in [-0.05, 0) is 0 Å². The summed E-state index contributed by atoms with van der Waals surface area (Å²) >= 11 is 0. The molecule has 2 aromatic rings. The van der Waals surface area contributed by atoms with E-state index in [9.17, 15) is 0 Å². The Kier molecular flexibility index (Phi) is 1.33. The van der Waals surface area contributed by atoms with Crippen molar-refractivity contribution in [3.05, 3.63) is 25.0 Å². The molecule has 0 N–H and O–H groups in total. The maximum Gasteiger partial charge on any atom is 0.222 e. The Morgan fingerprint density at radius 2 is 2.18 bits per heavy atom. The topological polar surface area (TPSA) is 64.7 Å². The molecule has 0 amide bonds. The van der Waals surface area contributed by atoms with Gasteiger partial charge in [0.1, 0.15) is 5.69 Å². The summed E-state index contributed by atoms with van der Waals surface area (Å²) in [6.45, 7) is 0. The monoisotopic (exact) mass is 148 g/mol. The molecule has 0 atom stereocenters. The van der Waals surface area contributed by atoms with Crippen molar-refractivity contribution in [3.63, 3.8) is 0 Å². The maximum absolute atomic E-state index is 4.54. The van der Waals surface area contributed by atoms with Gasteiger partial charge in [0.25, 0.3) is 0 Å². The highest BCUT2D eigenvalue weighted by Crippen LogP contribution is 2.06. The fourth-order valence-electron chi connectivity index (χ4n) is 0.698. The average molecular weight is 148 g/mol. The van der Waals surface area contributed by atoms with Gasteiger partial charge >= 0.3 is 0 Å². The minimum Gasteiger partial charge on any atom is -0.342 e. The first-order valence-electron chi connectivity index (χ1n) is 2.99. The third kappa shape index (κ3) is 1.07. The molecule has 2 heterocycles. The van der Waals surface area contributed by atoms with Crippen molar-refractivity contribution in [2.24, 2.45) is 0 Å². The van der Waals surface area contributed by atoms with Gasteiger partial charge in [0.15, 0.2) is 0 Å². The van der Waals surface area contributed by atoms with E-state index in [1.807, 2.05) is 0 Å². The number of nitrogens with zero attached hydrogens (tertiary/aromatic N) is 4. The third-order valence-corrected chi connectivity index (χ3v) is 1.15. The van der Waals surface area contributed by atoms with E-state index in [1.165, 1.54) is 6.39 Å². The van der Waals surface area contributed by atoms with E-state index in [0.29, 0.717) is 11.5 Å². The van der Waals surface area contributed by atoms with E-state index in [0.717, 1.165) is 0 Å². The second kappa shape index (κ2) is 2.45. The first kappa shape index (κ1) is 5.96. The summed E-state index contributed by atoms with van der Waals surface area (Å²) in [6, 6.07) is 0. The average Bonchev–Trinajstić information content (AvgIpc) is 2.58. The van der Waals surface area contributed by atoms with Gasteiger partial charge in [-0.2, -0.15) is 4.98 Å². The van der Waals surface area contributed by atoms with Crippen LogP contribution >= 0.6 is 0 Å². The van der Waals surface area contributed by atoms with Crippen LogP contribution in [0.1, 0.15) is 0 Å². The van der Waals surface area contributed by atoms with Crippen molar-refractivity contribution >= 4 is 0 Å². The minimum atomic E-state index is 0.457. The Hall–Kier alpha value is -1.78. The van der Waals surface area contributed by atoms with Crippen LogP contribution in [0.4, 0.5) is 0 Å². The lowest BCUT2D eigenvalue weighted by molar-refractivity contribution is 0.418. The predicted molar refractivity (Wildman–Crippen MR) is 35.3 cm³/mol. The first-order valence-corrected chi connectivity index (χ1v) is 2.99. The Bertz CT molecular complexity index is 318. The van der Waals surface area contributed by atoms with Crippen molar-refractivity contribution in [1.82, 2.24) is 20.1 Å². The van der Waals surface area contributed by atoms with Gasteiger partial charge < -0.3 is 4.52 Å². The molecule has 0 aromatic carbocycles. The summed E-state index contributed by atoms with van der Waals surface area (Å²) in [5.74, 6) is 0.457. The smallest absolute Gasteiger partial charge is 0.222 e. The molecule has 0 saturated carbocycles. The van der Waals surface area contributed by atoms with E-state index in [2.05, 4.69) is 24.6 Å². The van der Waals surface area contributed by atoms with Crippen molar-refractivity contribution in [2.75, 3.05) is 0 Å². The summed E-state index contributed by atoms with van der Waals surface area (Å²) in [6.07, 6.45) is 5.99. The zero-order valence-electron chi connectivity index (χ0n) is 5.51. The number of rotatable bonds is 1. The lowest BCUT2D eigenvalue weighted by Gasteiger charge is -1.87. The molecule has 0 aliphatic rings. The van der Waals surface area contributed by atoms with E-state index >= 15 is 0 Å². The molecule has 5 heteroatoms. The zero-order valence-corrected chi connectivity index (χ0v) is 5.51. The van der Waals surface area contributed by atoms with Crippen LogP contribution in [-0.4, -0.2) is 20.1 Å². The summed E-state index contributed by atoms with van der Waals surface area (Å²) in [7, 11) is 0. The summed E-state index contributed by atoms with van der Waals surface area (Å²) in [5.41, 5.74) is 0.612. The van der Waals surface area contributed by atoms with Gasteiger partial charge in [-0.3, -0.25) is 4.98 Å².